The fraction of sp³-hybridized carbons (Fsp3) is 0.316. The van der Waals surface area contributed by atoms with Gasteiger partial charge >= 0.3 is 0 Å². The summed E-state index contributed by atoms with van der Waals surface area (Å²) in [5.41, 5.74) is 4.64. The molecular formula is C19H18F3N5O4S. The maximum atomic E-state index is 13.6. The number of pyridine rings is 1. The lowest BCUT2D eigenvalue weighted by atomic mass is 9.97. The zero-order valence-electron chi connectivity index (χ0n) is 16.2. The van der Waals surface area contributed by atoms with Gasteiger partial charge in [0.1, 0.15) is 41.3 Å². The molecule has 1 aliphatic rings. The quantitative estimate of drug-likeness (QED) is 0.405. The van der Waals surface area contributed by atoms with Crippen LogP contribution in [0.1, 0.15) is 6.04 Å². The van der Waals surface area contributed by atoms with Crippen molar-refractivity contribution in [2.75, 3.05) is 12.3 Å². The van der Waals surface area contributed by atoms with E-state index >= 15 is 0 Å². The van der Waals surface area contributed by atoms with Crippen molar-refractivity contribution in [1.82, 2.24) is 20.0 Å². The first-order valence-electron chi connectivity index (χ1n) is 9.36. The molecule has 9 nitrogen and oxygen atoms in total. The summed E-state index contributed by atoms with van der Waals surface area (Å²) in [7, 11) is 0. The molecule has 2 aromatic heterocycles. The maximum absolute atomic E-state index is 13.6. The minimum Gasteiger partial charge on any atom is -0.394 e. The summed E-state index contributed by atoms with van der Waals surface area (Å²) in [5.74, 6) is -4.14. The van der Waals surface area contributed by atoms with Crippen molar-refractivity contribution in [3.8, 4) is 11.3 Å². The normalized spacial score (nSPS) is 25.8. The van der Waals surface area contributed by atoms with Crippen LogP contribution in [0.15, 0.2) is 41.6 Å². The second kappa shape index (κ2) is 9.03. The standard InChI is InChI=1S/C19H18F3N5O4S/c20-10-3-8(4-11(21)15(10)22)12-6-27(26-25-12)16-17(29)13(7-28)31-19(18(16)30)32-9-1-2-24-14(23)5-9/h1-6,13,16-19,28-30H,7H2,(H2,23,24). The van der Waals surface area contributed by atoms with Crippen molar-refractivity contribution < 1.29 is 33.2 Å². The highest BCUT2D eigenvalue weighted by Crippen LogP contribution is 2.38. The van der Waals surface area contributed by atoms with Crippen molar-refractivity contribution in [2.24, 2.45) is 0 Å². The molecule has 0 spiro atoms. The molecule has 3 heterocycles. The van der Waals surface area contributed by atoms with Crippen LogP contribution < -0.4 is 5.73 Å². The van der Waals surface area contributed by atoms with Crippen LogP contribution in [-0.4, -0.2) is 65.7 Å². The zero-order valence-corrected chi connectivity index (χ0v) is 17.0. The van der Waals surface area contributed by atoms with E-state index < -0.39 is 53.8 Å². The van der Waals surface area contributed by atoms with Crippen molar-refractivity contribution in [3.63, 3.8) is 0 Å². The first kappa shape index (κ1) is 22.5. The molecule has 1 aromatic carbocycles. The molecule has 0 amide bonds. The van der Waals surface area contributed by atoms with E-state index in [1.165, 1.54) is 12.4 Å². The molecule has 1 fully saturated rings. The number of nitrogen functional groups attached to an aromatic ring is 1. The average Bonchev–Trinajstić information content (AvgIpc) is 3.23. The van der Waals surface area contributed by atoms with Gasteiger partial charge in [-0.1, -0.05) is 17.0 Å². The Morgan fingerprint density at radius 2 is 1.84 bits per heavy atom. The summed E-state index contributed by atoms with van der Waals surface area (Å²) in [4.78, 5) is 4.52. The maximum Gasteiger partial charge on any atom is 0.194 e. The molecular weight excluding hydrogens is 451 g/mol. The van der Waals surface area contributed by atoms with E-state index in [-0.39, 0.29) is 17.1 Å². The number of anilines is 1. The Bertz CT molecular complexity index is 1100. The molecule has 32 heavy (non-hydrogen) atoms. The fourth-order valence-electron chi connectivity index (χ4n) is 3.37. The monoisotopic (exact) mass is 469 g/mol. The van der Waals surface area contributed by atoms with Crippen LogP contribution in [0.3, 0.4) is 0 Å². The van der Waals surface area contributed by atoms with Crippen molar-refractivity contribution in [2.45, 2.75) is 34.7 Å². The molecule has 0 saturated carbocycles. The van der Waals surface area contributed by atoms with Gasteiger partial charge in [-0.3, -0.25) is 0 Å². The van der Waals surface area contributed by atoms with Crippen molar-refractivity contribution >= 4 is 17.6 Å². The predicted molar refractivity (Wildman–Crippen MR) is 107 cm³/mol. The lowest BCUT2D eigenvalue weighted by Crippen LogP contribution is -2.55. The topological polar surface area (TPSA) is 140 Å². The average molecular weight is 469 g/mol. The highest BCUT2D eigenvalue weighted by atomic mass is 32.2. The van der Waals surface area contributed by atoms with Crippen LogP contribution in [0.4, 0.5) is 19.0 Å². The minimum atomic E-state index is -1.61. The van der Waals surface area contributed by atoms with Crippen LogP contribution in [0.2, 0.25) is 0 Å². The Balaban J connectivity index is 1.64. The number of rotatable bonds is 5. The van der Waals surface area contributed by atoms with Crippen LogP contribution in [-0.2, 0) is 4.74 Å². The SMILES string of the molecule is Nc1cc(SC2OC(CO)C(O)C(n3cc(-c4cc(F)c(F)c(F)c4)nn3)C2O)ccn1. The van der Waals surface area contributed by atoms with Gasteiger partial charge in [0.2, 0.25) is 0 Å². The number of aromatic nitrogens is 4. The second-order valence-electron chi connectivity index (χ2n) is 7.07. The van der Waals surface area contributed by atoms with Gasteiger partial charge in [0.05, 0.1) is 12.8 Å². The van der Waals surface area contributed by atoms with E-state index in [9.17, 15) is 28.5 Å². The molecule has 5 N–H and O–H groups in total. The van der Waals surface area contributed by atoms with Crippen LogP contribution >= 0.6 is 11.8 Å². The molecule has 170 valence electrons. The van der Waals surface area contributed by atoms with E-state index in [0.717, 1.165) is 28.6 Å². The van der Waals surface area contributed by atoms with E-state index in [1.807, 2.05) is 0 Å². The van der Waals surface area contributed by atoms with E-state index in [0.29, 0.717) is 4.90 Å². The van der Waals surface area contributed by atoms with Gasteiger partial charge in [-0.05, 0) is 24.3 Å². The molecule has 5 unspecified atom stereocenters. The first-order valence-corrected chi connectivity index (χ1v) is 10.2. The second-order valence-corrected chi connectivity index (χ2v) is 8.24. The molecule has 0 radical (unpaired) electrons. The number of hydrogen-bond donors (Lipinski definition) is 4. The Kier molecular flexibility index (Phi) is 6.35. The van der Waals surface area contributed by atoms with E-state index in [2.05, 4.69) is 15.3 Å². The largest absolute Gasteiger partial charge is 0.394 e. The summed E-state index contributed by atoms with van der Waals surface area (Å²) in [6, 6.07) is 3.61. The smallest absolute Gasteiger partial charge is 0.194 e. The van der Waals surface area contributed by atoms with Gasteiger partial charge in [0.25, 0.3) is 0 Å². The Morgan fingerprint density at radius 3 is 2.50 bits per heavy atom. The van der Waals surface area contributed by atoms with Gasteiger partial charge in [-0.2, -0.15) is 0 Å². The molecule has 1 saturated heterocycles. The number of nitrogens with two attached hydrogens (primary N) is 1. The van der Waals surface area contributed by atoms with Crippen LogP contribution in [0.25, 0.3) is 11.3 Å². The third kappa shape index (κ3) is 4.29. The summed E-state index contributed by atoms with van der Waals surface area (Å²) >= 11 is 1.10. The number of ether oxygens (including phenoxy) is 1. The first-order chi connectivity index (χ1) is 15.3. The molecule has 0 aliphatic carbocycles. The summed E-state index contributed by atoms with van der Waals surface area (Å²) in [6.07, 6.45) is -1.05. The molecule has 3 aromatic rings. The van der Waals surface area contributed by atoms with E-state index in [4.69, 9.17) is 10.5 Å². The summed E-state index contributed by atoms with van der Waals surface area (Å²) < 4.78 is 47.2. The Hall–Kier alpha value is -2.71. The molecule has 4 rings (SSSR count). The number of halogens is 3. The number of nitrogens with zero attached hydrogens (tertiary/aromatic N) is 4. The third-order valence-corrected chi connectivity index (χ3v) is 6.10. The van der Waals surface area contributed by atoms with Gasteiger partial charge < -0.3 is 25.8 Å². The molecule has 13 heteroatoms. The van der Waals surface area contributed by atoms with E-state index in [1.54, 1.807) is 12.1 Å². The van der Waals surface area contributed by atoms with Gasteiger partial charge in [0.15, 0.2) is 17.5 Å². The van der Waals surface area contributed by atoms with Crippen LogP contribution in [0.5, 0.6) is 0 Å². The summed E-state index contributed by atoms with van der Waals surface area (Å²) in [6.45, 7) is -0.546. The Labute approximate surface area is 183 Å². The summed E-state index contributed by atoms with van der Waals surface area (Å²) in [5, 5.41) is 38.9. The number of hydrogen-bond acceptors (Lipinski definition) is 9. The number of aliphatic hydroxyl groups is 3. The van der Waals surface area contributed by atoms with Crippen molar-refractivity contribution in [1.29, 1.82) is 0 Å². The van der Waals surface area contributed by atoms with Crippen molar-refractivity contribution in [3.05, 3.63) is 54.1 Å². The number of benzene rings is 1. The number of thioether (sulfide) groups is 1. The van der Waals surface area contributed by atoms with Gasteiger partial charge in [0, 0.05) is 16.7 Å². The predicted octanol–water partition coefficient (Wildman–Crippen LogP) is 1.11. The van der Waals surface area contributed by atoms with Crippen LogP contribution in [0, 0.1) is 17.5 Å². The van der Waals surface area contributed by atoms with Gasteiger partial charge in [-0.25, -0.2) is 22.8 Å². The number of aliphatic hydroxyl groups excluding tert-OH is 3. The lowest BCUT2D eigenvalue weighted by molar-refractivity contribution is -0.178. The molecule has 0 bridgehead atoms. The highest BCUT2D eigenvalue weighted by Gasteiger charge is 2.46. The third-order valence-electron chi connectivity index (χ3n) is 4.95. The van der Waals surface area contributed by atoms with Gasteiger partial charge in [-0.15, -0.1) is 5.10 Å². The molecule has 5 atom stereocenters. The Morgan fingerprint density at radius 1 is 1.12 bits per heavy atom. The molecule has 1 aliphatic heterocycles. The highest BCUT2D eigenvalue weighted by molar-refractivity contribution is 7.99. The zero-order chi connectivity index (χ0) is 23.0. The fourth-order valence-corrected chi connectivity index (χ4v) is 4.47. The minimum absolute atomic E-state index is 0.0136. The lowest BCUT2D eigenvalue weighted by Gasteiger charge is -2.41.